The van der Waals surface area contributed by atoms with Gasteiger partial charge >= 0.3 is 5.69 Å². The summed E-state index contributed by atoms with van der Waals surface area (Å²) in [6, 6.07) is 0. The fraction of sp³-hybridized carbons (Fsp3) is 0.600. The molecule has 1 rings (SSSR count). The lowest BCUT2D eigenvalue weighted by atomic mass is 10.0. The summed E-state index contributed by atoms with van der Waals surface area (Å²) in [7, 11) is 1.50. The Balaban J connectivity index is 3.23. The van der Waals surface area contributed by atoms with E-state index in [2.05, 4.69) is 4.98 Å². The minimum atomic E-state index is -0.436. The van der Waals surface area contributed by atoms with Crippen molar-refractivity contribution >= 4 is 0 Å². The van der Waals surface area contributed by atoms with Crippen LogP contribution in [0.5, 0.6) is 0 Å². The molecule has 0 aliphatic heterocycles. The molecule has 0 saturated heterocycles. The summed E-state index contributed by atoms with van der Waals surface area (Å²) in [5.41, 5.74) is -0.121. The monoisotopic (exact) mass is 212 g/mol. The van der Waals surface area contributed by atoms with Gasteiger partial charge in [0.1, 0.15) is 6.73 Å². The SMILES string of the molecule is CCC(C)c1cn(COC)c(=O)[nH]c1=O. The molecule has 84 valence electrons. The average Bonchev–Trinajstić information content (AvgIpc) is 2.21. The highest BCUT2D eigenvalue weighted by molar-refractivity contribution is 5.09. The Morgan fingerprint density at radius 1 is 1.53 bits per heavy atom. The van der Waals surface area contributed by atoms with E-state index in [1.54, 1.807) is 6.20 Å². The molecule has 5 nitrogen and oxygen atoms in total. The maximum absolute atomic E-state index is 11.5. The average molecular weight is 212 g/mol. The summed E-state index contributed by atoms with van der Waals surface area (Å²) in [5, 5.41) is 0. The Hall–Kier alpha value is -1.36. The van der Waals surface area contributed by atoms with Crippen molar-refractivity contribution in [1.29, 1.82) is 0 Å². The maximum atomic E-state index is 11.5. The molecule has 1 unspecified atom stereocenters. The van der Waals surface area contributed by atoms with Crippen LogP contribution in [-0.2, 0) is 11.5 Å². The van der Waals surface area contributed by atoms with Gasteiger partial charge in [-0.15, -0.1) is 0 Å². The lowest BCUT2D eigenvalue weighted by molar-refractivity contribution is 0.126. The molecule has 1 N–H and O–H groups in total. The molecular weight excluding hydrogens is 196 g/mol. The molecule has 15 heavy (non-hydrogen) atoms. The molecule has 0 radical (unpaired) electrons. The first-order valence-corrected chi connectivity index (χ1v) is 4.92. The number of hydrogen-bond acceptors (Lipinski definition) is 3. The molecule has 0 fully saturated rings. The fourth-order valence-electron chi connectivity index (χ4n) is 1.33. The van der Waals surface area contributed by atoms with E-state index in [0.29, 0.717) is 5.56 Å². The molecule has 0 saturated carbocycles. The van der Waals surface area contributed by atoms with E-state index in [4.69, 9.17) is 4.74 Å². The van der Waals surface area contributed by atoms with E-state index in [1.165, 1.54) is 11.7 Å². The first-order chi connectivity index (χ1) is 7.10. The second-order valence-electron chi connectivity index (χ2n) is 3.54. The number of nitrogens with zero attached hydrogens (tertiary/aromatic N) is 1. The molecule has 1 aromatic heterocycles. The van der Waals surface area contributed by atoms with E-state index in [1.807, 2.05) is 13.8 Å². The van der Waals surface area contributed by atoms with Gasteiger partial charge in [-0.3, -0.25) is 14.3 Å². The largest absolute Gasteiger partial charge is 0.364 e. The van der Waals surface area contributed by atoms with Crippen LogP contribution in [0, 0.1) is 0 Å². The lowest BCUT2D eigenvalue weighted by Crippen LogP contribution is -2.32. The molecule has 0 bridgehead atoms. The van der Waals surface area contributed by atoms with Gasteiger partial charge in [0.15, 0.2) is 0 Å². The van der Waals surface area contributed by atoms with Crippen molar-refractivity contribution in [2.45, 2.75) is 32.9 Å². The molecule has 0 aromatic carbocycles. The molecular formula is C10H16N2O3. The highest BCUT2D eigenvalue weighted by Gasteiger charge is 2.10. The first-order valence-electron chi connectivity index (χ1n) is 4.92. The fourth-order valence-corrected chi connectivity index (χ4v) is 1.33. The van der Waals surface area contributed by atoms with Crippen molar-refractivity contribution in [1.82, 2.24) is 9.55 Å². The quantitative estimate of drug-likeness (QED) is 0.797. The summed E-state index contributed by atoms with van der Waals surface area (Å²) >= 11 is 0. The highest BCUT2D eigenvalue weighted by Crippen LogP contribution is 2.12. The molecule has 1 heterocycles. The van der Waals surface area contributed by atoms with Gasteiger partial charge in [-0.25, -0.2) is 4.79 Å². The van der Waals surface area contributed by atoms with Gasteiger partial charge in [-0.2, -0.15) is 0 Å². The molecule has 0 aliphatic rings. The highest BCUT2D eigenvalue weighted by atomic mass is 16.5. The standard InChI is InChI=1S/C10H16N2O3/c1-4-7(2)8-5-12(6-15-3)10(14)11-9(8)13/h5,7H,4,6H2,1-3H3,(H,11,13,14). The summed E-state index contributed by atoms with van der Waals surface area (Å²) in [5.74, 6) is 0.137. The van der Waals surface area contributed by atoms with Crippen LogP contribution in [-0.4, -0.2) is 16.7 Å². The van der Waals surface area contributed by atoms with E-state index in [-0.39, 0.29) is 18.2 Å². The molecule has 5 heteroatoms. The smallest absolute Gasteiger partial charge is 0.330 e. The van der Waals surface area contributed by atoms with Crippen molar-refractivity contribution in [2.75, 3.05) is 7.11 Å². The normalized spacial score (nSPS) is 12.7. The minimum Gasteiger partial charge on any atom is -0.364 e. The predicted octanol–water partition coefficient (Wildman–Crippen LogP) is 0.654. The number of aromatic nitrogens is 2. The summed E-state index contributed by atoms with van der Waals surface area (Å²) < 4.78 is 6.21. The number of rotatable bonds is 4. The van der Waals surface area contributed by atoms with Gasteiger partial charge in [0.25, 0.3) is 5.56 Å². The van der Waals surface area contributed by atoms with Crippen LogP contribution in [0.3, 0.4) is 0 Å². The van der Waals surface area contributed by atoms with Gasteiger partial charge in [0.05, 0.1) is 0 Å². The number of H-pyrrole nitrogens is 1. The van der Waals surface area contributed by atoms with E-state index in [9.17, 15) is 9.59 Å². The molecule has 0 aliphatic carbocycles. The van der Waals surface area contributed by atoms with Gasteiger partial charge in [-0.1, -0.05) is 13.8 Å². The zero-order valence-corrected chi connectivity index (χ0v) is 9.24. The third-order valence-electron chi connectivity index (χ3n) is 2.45. The number of nitrogens with one attached hydrogen (secondary N) is 1. The third kappa shape index (κ3) is 2.56. The Bertz CT molecular complexity index is 433. The van der Waals surface area contributed by atoms with E-state index >= 15 is 0 Å². The van der Waals surface area contributed by atoms with Crippen molar-refractivity contribution in [3.63, 3.8) is 0 Å². The van der Waals surface area contributed by atoms with E-state index in [0.717, 1.165) is 6.42 Å². The molecule has 1 aromatic rings. The minimum absolute atomic E-state index is 0.137. The van der Waals surface area contributed by atoms with Crippen molar-refractivity contribution in [3.8, 4) is 0 Å². The van der Waals surface area contributed by atoms with Crippen molar-refractivity contribution < 1.29 is 4.74 Å². The van der Waals surface area contributed by atoms with Crippen molar-refractivity contribution in [3.05, 3.63) is 32.6 Å². The predicted molar refractivity (Wildman–Crippen MR) is 57.0 cm³/mol. The Morgan fingerprint density at radius 3 is 2.73 bits per heavy atom. The first kappa shape index (κ1) is 11.7. The van der Waals surface area contributed by atoms with E-state index < -0.39 is 5.69 Å². The molecule has 0 spiro atoms. The van der Waals surface area contributed by atoms with Crippen LogP contribution in [0.25, 0.3) is 0 Å². The number of ether oxygens (including phenoxy) is 1. The Morgan fingerprint density at radius 2 is 2.20 bits per heavy atom. The third-order valence-corrected chi connectivity index (χ3v) is 2.45. The van der Waals surface area contributed by atoms with Gasteiger partial charge in [0.2, 0.25) is 0 Å². The number of aromatic amines is 1. The number of methoxy groups -OCH3 is 1. The van der Waals surface area contributed by atoms with Crippen LogP contribution in [0.4, 0.5) is 0 Å². The van der Waals surface area contributed by atoms with Crippen LogP contribution >= 0.6 is 0 Å². The van der Waals surface area contributed by atoms with Gasteiger partial charge in [0, 0.05) is 18.9 Å². The summed E-state index contributed by atoms with van der Waals surface area (Å²) in [6.45, 7) is 4.10. The van der Waals surface area contributed by atoms with Gasteiger partial charge in [-0.05, 0) is 12.3 Å². The summed E-state index contributed by atoms with van der Waals surface area (Å²) in [6.07, 6.45) is 2.42. The van der Waals surface area contributed by atoms with Crippen molar-refractivity contribution in [2.24, 2.45) is 0 Å². The molecule has 0 amide bonds. The lowest BCUT2D eigenvalue weighted by Gasteiger charge is -2.10. The Labute approximate surface area is 87.7 Å². The van der Waals surface area contributed by atoms with Crippen LogP contribution < -0.4 is 11.2 Å². The summed E-state index contributed by atoms with van der Waals surface area (Å²) in [4.78, 5) is 25.1. The zero-order chi connectivity index (χ0) is 11.4. The van der Waals surface area contributed by atoms with Crippen LogP contribution in [0.15, 0.2) is 15.8 Å². The van der Waals surface area contributed by atoms with Crippen LogP contribution in [0.2, 0.25) is 0 Å². The topological polar surface area (TPSA) is 64.1 Å². The van der Waals surface area contributed by atoms with Gasteiger partial charge < -0.3 is 4.74 Å². The second kappa shape index (κ2) is 4.93. The molecule has 1 atom stereocenters. The maximum Gasteiger partial charge on any atom is 0.330 e. The Kier molecular flexibility index (Phi) is 3.85. The zero-order valence-electron chi connectivity index (χ0n) is 9.24. The second-order valence-corrected chi connectivity index (χ2v) is 3.54. The number of hydrogen-bond donors (Lipinski definition) is 1. The van der Waals surface area contributed by atoms with Crippen LogP contribution in [0.1, 0.15) is 31.7 Å².